The Kier molecular flexibility index (Phi) is 4.90. The van der Waals surface area contributed by atoms with Crippen LogP contribution in [0.15, 0.2) is 23.1 Å². The number of thioether (sulfide) groups is 1. The van der Waals surface area contributed by atoms with E-state index in [1.165, 1.54) is 24.2 Å². The zero-order valence-electron chi connectivity index (χ0n) is 15.1. The minimum atomic E-state index is -0.0255. The van der Waals surface area contributed by atoms with Crippen molar-refractivity contribution in [1.29, 1.82) is 0 Å². The van der Waals surface area contributed by atoms with Crippen molar-refractivity contribution in [2.24, 2.45) is 5.41 Å². The SMILES string of the molecule is CCSc1ccc2nc(NC(=O)CC(C)(C)C)n(C3CCC3)c2c1. The molecular weight excluding hydrogens is 318 g/mol. The van der Waals surface area contributed by atoms with Gasteiger partial charge in [-0.3, -0.25) is 10.1 Å². The molecule has 5 heteroatoms. The van der Waals surface area contributed by atoms with E-state index in [0.29, 0.717) is 18.4 Å². The molecule has 1 saturated carbocycles. The molecule has 1 N–H and O–H groups in total. The van der Waals surface area contributed by atoms with Crippen LogP contribution < -0.4 is 5.32 Å². The van der Waals surface area contributed by atoms with Gasteiger partial charge in [0.15, 0.2) is 0 Å². The Bertz CT molecular complexity index is 741. The number of benzene rings is 1. The van der Waals surface area contributed by atoms with Gasteiger partial charge in [-0.1, -0.05) is 27.7 Å². The first-order valence-corrected chi connectivity index (χ1v) is 9.80. The van der Waals surface area contributed by atoms with Crippen LogP contribution in [0, 0.1) is 5.41 Å². The fourth-order valence-electron chi connectivity index (χ4n) is 3.08. The molecule has 1 aliphatic rings. The lowest BCUT2D eigenvalue weighted by Gasteiger charge is -2.29. The summed E-state index contributed by atoms with van der Waals surface area (Å²) in [5, 5.41) is 3.06. The molecule has 2 aromatic rings. The van der Waals surface area contributed by atoms with E-state index in [9.17, 15) is 4.79 Å². The molecule has 24 heavy (non-hydrogen) atoms. The number of carbonyl (C=O) groups is 1. The molecule has 1 fully saturated rings. The van der Waals surface area contributed by atoms with Gasteiger partial charge in [0.1, 0.15) is 0 Å². The Labute approximate surface area is 148 Å². The van der Waals surface area contributed by atoms with Crippen molar-refractivity contribution in [3.05, 3.63) is 18.2 Å². The maximum absolute atomic E-state index is 12.4. The highest BCUT2D eigenvalue weighted by molar-refractivity contribution is 7.99. The van der Waals surface area contributed by atoms with E-state index in [1.54, 1.807) is 0 Å². The van der Waals surface area contributed by atoms with E-state index in [4.69, 9.17) is 4.98 Å². The Balaban J connectivity index is 1.95. The summed E-state index contributed by atoms with van der Waals surface area (Å²) in [6, 6.07) is 6.87. The number of fused-ring (bicyclic) bond motifs is 1. The Morgan fingerprint density at radius 3 is 2.71 bits per heavy atom. The van der Waals surface area contributed by atoms with Crippen molar-refractivity contribution in [3.8, 4) is 0 Å². The van der Waals surface area contributed by atoms with E-state index < -0.39 is 0 Å². The van der Waals surface area contributed by atoms with Gasteiger partial charge in [0.05, 0.1) is 11.0 Å². The summed E-state index contributed by atoms with van der Waals surface area (Å²) in [6.45, 7) is 8.40. The van der Waals surface area contributed by atoms with Gasteiger partial charge in [-0.25, -0.2) is 4.98 Å². The maximum Gasteiger partial charge on any atom is 0.227 e. The van der Waals surface area contributed by atoms with Crippen molar-refractivity contribution in [1.82, 2.24) is 9.55 Å². The monoisotopic (exact) mass is 345 g/mol. The molecule has 1 aliphatic carbocycles. The average Bonchev–Trinajstić information content (AvgIpc) is 2.73. The van der Waals surface area contributed by atoms with Gasteiger partial charge in [0.25, 0.3) is 0 Å². The van der Waals surface area contributed by atoms with Crippen LogP contribution in [0.2, 0.25) is 0 Å². The molecule has 0 spiro atoms. The quantitative estimate of drug-likeness (QED) is 0.753. The minimum Gasteiger partial charge on any atom is -0.307 e. The number of aromatic nitrogens is 2. The number of hydrogen-bond acceptors (Lipinski definition) is 3. The van der Waals surface area contributed by atoms with Gasteiger partial charge in [-0.15, -0.1) is 11.8 Å². The molecule has 3 rings (SSSR count). The van der Waals surface area contributed by atoms with Gasteiger partial charge < -0.3 is 4.57 Å². The molecule has 0 radical (unpaired) electrons. The molecule has 0 bridgehead atoms. The summed E-state index contributed by atoms with van der Waals surface area (Å²) in [5.41, 5.74) is 2.08. The second-order valence-corrected chi connectivity index (χ2v) is 9.10. The standard InChI is InChI=1S/C19H27N3OS/c1-5-24-14-9-10-15-16(11-14)22(13-7-6-8-13)18(20-15)21-17(23)12-19(2,3)4/h9-11,13H,5-8,12H2,1-4H3,(H,20,21,23). The molecule has 0 atom stereocenters. The highest BCUT2D eigenvalue weighted by Crippen LogP contribution is 2.38. The zero-order chi connectivity index (χ0) is 17.3. The lowest BCUT2D eigenvalue weighted by atomic mass is 9.92. The maximum atomic E-state index is 12.4. The van der Waals surface area contributed by atoms with Crippen LogP contribution in [0.5, 0.6) is 0 Å². The molecule has 4 nitrogen and oxygen atoms in total. The Morgan fingerprint density at radius 2 is 2.12 bits per heavy atom. The molecule has 1 heterocycles. The van der Waals surface area contributed by atoms with Crippen molar-refractivity contribution in [3.63, 3.8) is 0 Å². The van der Waals surface area contributed by atoms with Gasteiger partial charge in [0.2, 0.25) is 11.9 Å². The van der Waals surface area contributed by atoms with E-state index >= 15 is 0 Å². The largest absolute Gasteiger partial charge is 0.307 e. The zero-order valence-corrected chi connectivity index (χ0v) is 15.9. The molecular formula is C19H27N3OS. The molecule has 0 saturated heterocycles. The van der Waals surface area contributed by atoms with E-state index in [0.717, 1.165) is 16.8 Å². The number of imidazole rings is 1. The number of hydrogen-bond donors (Lipinski definition) is 1. The van der Waals surface area contributed by atoms with Crippen molar-refractivity contribution < 1.29 is 4.79 Å². The molecule has 0 unspecified atom stereocenters. The van der Waals surface area contributed by atoms with Crippen LogP contribution in [-0.4, -0.2) is 21.2 Å². The van der Waals surface area contributed by atoms with Gasteiger partial charge in [-0.05, 0) is 48.6 Å². The summed E-state index contributed by atoms with van der Waals surface area (Å²) in [5.74, 6) is 1.81. The van der Waals surface area contributed by atoms with Crippen molar-refractivity contribution in [2.45, 2.75) is 64.3 Å². The third kappa shape index (κ3) is 3.77. The van der Waals surface area contributed by atoms with Crippen LogP contribution >= 0.6 is 11.8 Å². The highest BCUT2D eigenvalue weighted by atomic mass is 32.2. The van der Waals surface area contributed by atoms with Crippen LogP contribution in [0.1, 0.15) is 59.4 Å². The second kappa shape index (κ2) is 6.79. The highest BCUT2D eigenvalue weighted by Gasteiger charge is 2.26. The summed E-state index contributed by atoms with van der Waals surface area (Å²) in [6.07, 6.45) is 4.08. The number of rotatable bonds is 5. The number of nitrogens with zero attached hydrogens (tertiary/aromatic N) is 2. The van der Waals surface area contributed by atoms with E-state index in [2.05, 4.69) is 55.8 Å². The third-order valence-corrected chi connectivity index (χ3v) is 5.23. The summed E-state index contributed by atoms with van der Waals surface area (Å²) in [4.78, 5) is 18.4. The minimum absolute atomic E-state index is 0.0255. The number of anilines is 1. The molecule has 130 valence electrons. The van der Waals surface area contributed by atoms with Crippen molar-refractivity contribution >= 4 is 34.7 Å². The average molecular weight is 346 g/mol. The van der Waals surface area contributed by atoms with Crippen LogP contribution in [-0.2, 0) is 4.79 Å². The van der Waals surface area contributed by atoms with Crippen LogP contribution in [0.3, 0.4) is 0 Å². The van der Waals surface area contributed by atoms with Crippen molar-refractivity contribution in [2.75, 3.05) is 11.1 Å². The fourth-order valence-corrected chi connectivity index (χ4v) is 3.78. The van der Waals surface area contributed by atoms with Crippen LogP contribution in [0.4, 0.5) is 5.95 Å². The van der Waals surface area contributed by atoms with Gasteiger partial charge in [0, 0.05) is 17.4 Å². The van der Waals surface area contributed by atoms with Gasteiger partial charge in [-0.2, -0.15) is 0 Å². The van der Waals surface area contributed by atoms with Crippen LogP contribution in [0.25, 0.3) is 11.0 Å². The number of nitrogens with one attached hydrogen (secondary N) is 1. The predicted octanol–water partition coefficient (Wildman–Crippen LogP) is 5.25. The molecule has 1 amide bonds. The third-order valence-electron chi connectivity index (χ3n) is 4.35. The summed E-state index contributed by atoms with van der Waals surface area (Å²) < 4.78 is 2.25. The topological polar surface area (TPSA) is 46.9 Å². The smallest absolute Gasteiger partial charge is 0.227 e. The first-order valence-electron chi connectivity index (χ1n) is 8.82. The second-order valence-electron chi connectivity index (χ2n) is 7.76. The Hall–Kier alpha value is -1.49. The van der Waals surface area contributed by atoms with Gasteiger partial charge >= 0.3 is 0 Å². The Morgan fingerprint density at radius 1 is 1.38 bits per heavy atom. The first kappa shape index (κ1) is 17.3. The lowest BCUT2D eigenvalue weighted by Crippen LogP contribution is -2.24. The summed E-state index contributed by atoms with van der Waals surface area (Å²) in [7, 11) is 0. The number of carbonyl (C=O) groups excluding carboxylic acids is 1. The predicted molar refractivity (Wildman–Crippen MR) is 102 cm³/mol. The summed E-state index contributed by atoms with van der Waals surface area (Å²) >= 11 is 1.84. The molecule has 1 aromatic carbocycles. The van der Waals surface area contributed by atoms with E-state index in [1.807, 2.05) is 11.8 Å². The normalized spacial score (nSPS) is 15.5. The lowest BCUT2D eigenvalue weighted by molar-refractivity contribution is -0.117. The fraction of sp³-hybridized carbons (Fsp3) is 0.579. The molecule has 0 aliphatic heterocycles. The first-order chi connectivity index (χ1) is 11.4. The molecule has 1 aromatic heterocycles. The number of amides is 1. The van der Waals surface area contributed by atoms with E-state index in [-0.39, 0.29) is 11.3 Å².